The van der Waals surface area contributed by atoms with Crippen LogP contribution in [0.5, 0.6) is 0 Å². The van der Waals surface area contributed by atoms with Gasteiger partial charge in [0.1, 0.15) is 16.7 Å². The maximum Gasteiger partial charge on any atom is 0.159 e. The molecule has 0 bridgehead atoms. The molecule has 0 spiro atoms. The second-order valence-corrected chi connectivity index (χ2v) is 16.8. The topological polar surface area (TPSA) is 29.5 Å². The first-order valence-corrected chi connectivity index (χ1v) is 21.9. The van der Waals surface area contributed by atoms with Gasteiger partial charge in [0.25, 0.3) is 0 Å². The third-order valence-corrected chi connectivity index (χ3v) is 13.4. The molecule has 64 heavy (non-hydrogen) atoms. The molecule has 3 heteroatoms. The smallest absolute Gasteiger partial charge is 0.159 e. The summed E-state index contributed by atoms with van der Waals surface area (Å²) in [5.41, 5.74) is 18.3. The van der Waals surface area contributed by atoms with Crippen LogP contribution in [0.2, 0.25) is 0 Å². The number of hydrogen-bond donors (Lipinski definition) is 0. The van der Waals surface area contributed by atoms with Crippen molar-refractivity contribution < 1.29 is 8.83 Å². The Morgan fingerprint density at radius 3 is 1.55 bits per heavy atom. The zero-order chi connectivity index (χ0) is 42.2. The van der Waals surface area contributed by atoms with Crippen molar-refractivity contribution in [1.29, 1.82) is 0 Å². The Balaban J connectivity index is 0.941. The Kier molecular flexibility index (Phi) is 8.13. The van der Waals surface area contributed by atoms with Crippen LogP contribution in [0.1, 0.15) is 22.3 Å². The molecule has 3 nitrogen and oxygen atoms in total. The van der Waals surface area contributed by atoms with Crippen LogP contribution in [0.25, 0.3) is 77.3 Å². The highest BCUT2D eigenvalue weighted by molar-refractivity contribution is 6.10. The van der Waals surface area contributed by atoms with E-state index in [4.69, 9.17) is 8.83 Å². The van der Waals surface area contributed by atoms with Crippen LogP contribution in [0.4, 0.5) is 17.1 Å². The van der Waals surface area contributed by atoms with Gasteiger partial charge in [-0.05, 0) is 110 Å². The van der Waals surface area contributed by atoms with Gasteiger partial charge in [0.2, 0.25) is 0 Å². The molecule has 1 aliphatic carbocycles. The highest BCUT2D eigenvalue weighted by Crippen LogP contribution is 2.57. The van der Waals surface area contributed by atoms with Crippen molar-refractivity contribution in [3.8, 4) is 33.4 Å². The Labute approximate surface area is 370 Å². The molecule has 300 valence electrons. The summed E-state index contributed by atoms with van der Waals surface area (Å²) < 4.78 is 12.8. The van der Waals surface area contributed by atoms with Crippen LogP contribution < -0.4 is 4.90 Å². The maximum atomic E-state index is 6.74. The minimum atomic E-state index is -0.478. The van der Waals surface area contributed by atoms with E-state index in [9.17, 15) is 0 Å². The predicted octanol–water partition coefficient (Wildman–Crippen LogP) is 16.7. The molecule has 0 radical (unpaired) electrons. The maximum absolute atomic E-state index is 6.74. The van der Waals surface area contributed by atoms with E-state index in [1.165, 1.54) is 38.9 Å². The lowest BCUT2D eigenvalue weighted by molar-refractivity contribution is 0.668. The lowest BCUT2D eigenvalue weighted by Crippen LogP contribution is -2.28. The first-order valence-electron chi connectivity index (χ1n) is 21.9. The lowest BCUT2D eigenvalue weighted by atomic mass is 9.68. The van der Waals surface area contributed by atoms with Crippen molar-refractivity contribution >= 4 is 60.9 Å². The normalized spacial score (nSPS) is 12.8. The average Bonchev–Trinajstić information content (AvgIpc) is 4.03. The summed E-state index contributed by atoms with van der Waals surface area (Å²) in [6.45, 7) is 0. The zero-order valence-electron chi connectivity index (χ0n) is 34.8. The van der Waals surface area contributed by atoms with Crippen LogP contribution in [-0.4, -0.2) is 0 Å². The van der Waals surface area contributed by atoms with Gasteiger partial charge in [0, 0.05) is 32.9 Å². The Bertz CT molecular complexity index is 3670. The van der Waals surface area contributed by atoms with Crippen LogP contribution in [-0.2, 0) is 5.41 Å². The first kappa shape index (κ1) is 36.3. The number of rotatable bonds is 7. The van der Waals surface area contributed by atoms with Crippen LogP contribution in [0.15, 0.2) is 245 Å². The van der Waals surface area contributed by atoms with E-state index >= 15 is 0 Å². The highest BCUT2D eigenvalue weighted by Gasteiger charge is 2.46. The van der Waals surface area contributed by atoms with Gasteiger partial charge in [0.15, 0.2) is 5.58 Å². The molecule has 0 unspecified atom stereocenters. The summed E-state index contributed by atoms with van der Waals surface area (Å²) in [6.07, 6.45) is 0. The van der Waals surface area contributed by atoms with E-state index in [-0.39, 0.29) is 0 Å². The molecular weight excluding hydrogens is 779 g/mol. The molecule has 0 aliphatic heterocycles. The monoisotopic (exact) mass is 817 g/mol. The van der Waals surface area contributed by atoms with Gasteiger partial charge in [-0.25, -0.2) is 0 Å². The van der Waals surface area contributed by atoms with E-state index in [0.29, 0.717) is 0 Å². The van der Waals surface area contributed by atoms with E-state index in [2.05, 4.69) is 223 Å². The highest BCUT2D eigenvalue weighted by atomic mass is 16.3. The number of para-hydroxylation sites is 3. The number of nitrogens with zero attached hydrogens (tertiary/aromatic N) is 1. The van der Waals surface area contributed by atoms with Crippen molar-refractivity contribution in [2.24, 2.45) is 0 Å². The van der Waals surface area contributed by atoms with E-state index in [0.717, 1.165) is 77.6 Å². The fraction of sp³-hybridized carbons (Fsp3) is 0.0164. The number of furan rings is 2. The molecule has 0 saturated carbocycles. The Hall–Kier alpha value is -8.40. The zero-order valence-corrected chi connectivity index (χ0v) is 34.8. The Morgan fingerprint density at radius 2 is 0.828 bits per heavy atom. The summed E-state index contributed by atoms with van der Waals surface area (Å²) in [5.74, 6) is 0. The second-order valence-electron chi connectivity index (χ2n) is 16.8. The standard InChI is InChI=1S/C61H39NO2/c1-3-14-44(15-4-1)61(45-16-5-2-6-17-45)54-22-10-7-18-48(54)52-39-47(35-36-55(52)61)62(56-23-13-21-51-49-19-8-12-25-58(49)64-60(51)56)46-33-30-41(31-34-46)40-26-28-42(29-27-40)43-32-37-59-53(38-43)50-20-9-11-24-57(50)63-59/h1-39H. The molecule has 2 aromatic heterocycles. The van der Waals surface area contributed by atoms with E-state index in [1.54, 1.807) is 0 Å². The summed E-state index contributed by atoms with van der Waals surface area (Å²) >= 11 is 0. The number of benzene rings is 10. The minimum Gasteiger partial charge on any atom is -0.456 e. The van der Waals surface area contributed by atoms with Gasteiger partial charge >= 0.3 is 0 Å². The van der Waals surface area contributed by atoms with Gasteiger partial charge < -0.3 is 13.7 Å². The second kappa shape index (κ2) is 14.3. The Morgan fingerprint density at radius 1 is 0.312 bits per heavy atom. The van der Waals surface area contributed by atoms with Gasteiger partial charge in [-0.2, -0.15) is 0 Å². The van der Waals surface area contributed by atoms with Crippen molar-refractivity contribution in [2.75, 3.05) is 4.90 Å². The molecule has 13 rings (SSSR count). The summed E-state index contributed by atoms with van der Waals surface area (Å²) in [7, 11) is 0. The quantitative estimate of drug-likeness (QED) is 0.160. The van der Waals surface area contributed by atoms with Crippen LogP contribution in [0, 0.1) is 0 Å². The molecular formula is C61H39NO2. The lowest BCUT2D eigenvalue weighted by Gasteiger charge is -2.34. The molecule has 0 N–H and O–H groups in total. The van der Waals surface area contributed by atoms with Gasteiger partial charge in [-0.3, -0.25) is 0 Å². The summed E-state index contributed by atoms with van der Waals surface area (Å²) in [5, 5.41) is 4.47. The molecule has 2 heterocycles. The molecule has 0 atom stereocenters. The molecule has 10 aromatic carbocycles. The van der Waals surface area contributed by atoms with E-state index in [1.807, 2.05) is 18.2 Å². The predicted molar refractivity (Wildman–Crippen MR) is 264 cm³/mol. The molecule has 0 fully saturated rings. The SMILES string of the molecule is c1ccc(C2(c3ccccc3)c3ccccc3-c3cc(N(c4ccc(-c5ccc(-c6ccc7oc8ccccc8c7c6)cc5)cc4)c4cccc5c4oc4ccccc45)ccc32)cc1. The average molecular weight is 818 g/mol. The third kappa shape index (κ3) is 5.47. The minimum absolute atomic E-state index is 0.478. The van der Waals surface area contributed by atoms with Crippen LogP contribution in [0.3, 0.4) is 0 Å². The fourth-order valence-corrected chi connectivity index (χ4v) is 10.5. The largest absolute Gasteiger partial charge is 0.456 e. The van der Waals surface area contributed by atoms with Crippen molar-refractivity contribution in [2.45, 2.75) is 5.41 Å². The molecule has 0 saturated heterocycles. The molecule has 12 aromatic rings. The van der Waals surface area contributed by atoms with Crippen molar-refractivity contribution in [3.05, 3.63) is 259 Å². The van der Waals surface area contributed by atoms with Crippen molar-refractivity contribution in [3.63, 3.8) is 0 Å². The van der Waals surface area contributed by atoms with Gasteiger partial charge in [-0.1, -0.05) is 182 Å². The first-order chi connectivity index (χ1) is 31.7. The van der Waals surface area contributed by atoms with Crippen molar-refractivity contribution in [1.82, 2.24) is 0 Å². The number of anilines is 3. The summed E-state index contributed by atoms with van der Waals surface area (Å²) in [4.78, 5) is 2.36. The summed E-state index contributed by atoms with van der Waals surface area (Å²) in [6, 6.07) is 85.3. The fourth-order valence-electron chi connectivity index (χ4n) is 10.5. The number of hydrogen-bond acceptors (Lipinski definition) is 3. The molecule has 0 amide bonds. The molecule has 1 aliphatic rings. The number of fused-ring (bicyclic) bond motifs is 9. The van der Waals surface area contributed by atoms with E-state index < -0.39 is 5.41 Å². The van der Waals surface area contributed by atoms with Gasteiger partial charge in [-0.15, -0.1) is 0 Å². The van der Waals surface area contributed by atoms with Gasteiger partial charge in [0.05, 0.1) is 11.1 Å². The third-order valence-electron chi connectivity index (χ3n) is 13.4. The van der Waals surface area contributed by atoms with Crippen LogP contribution >= 0.6 is 0 Å².